The Hall–Kier alpha value is -1.39. The van der Waals surface area contributed by atoms with Crippen molar-refractivity contribution in [3.05, 3.63) is 45.4 Å². The molecule has 2 N–H and O–H groups in total. The molecule has 1 aliphatic rings. The molecule has 1 atom stereocenters. The van der Waals surface area contributed by atoms with Crippen molar-refractivity contribution in [2.45, 2.75) is 19.4 Å². The topological polar surface area (TPSA) is 48.1 Å². The lowest BCUT2D eigenvalue weighted by molar-refractivity contribution is 0.357. The van der Waals surface area contributed by atoms with Gasteiger partial charge in [0.15, 0.2) is 0 Å². The molecule has 0 fully saturated rings. The second-order valence-corrected chi connectivity index (χ2v) is 5.13. The summed E-state index contributed by atoms with van der Waals surface area (Å²) in [5.41, 5.74) is 11.6. The third kappa shape index (κ3) is 1.83. The highest BCUT2D eigenvalue weighted by molar-refractivity contribution is 7.09. The summed E-state index contributed by atoms with van der Waals surface area (Å²) in [7, 11) is 0. The zero-order valence-electron chi connectivity index (χ0n) is 9.64. The monoisotopic (exact) mass is 246 g/mol. The van der Waals surface area contributed by atoms with Crippen LogP contribution in [0.1, 0.15) is 27.7 Å². The molecule has 0 bridgehead atoms. The van der Waals surface area contributed by atoms with E-state index in [0.717, 1.165) is 34.9 Å². The first kappa shape index (κ1) is 10.7. The summed E-state index contributed by atoms with van der Waals surface area (Å²) >= 11 is 1.62. The van der Waals surface area contributed by atoms with Crippen molar-refractivity contribution < 1.29 is 4.74 Å². The van der Waals surface area contributed by atoms with Crippen molar-refractivity contribution in [1.82, 2.24) is 4.98 Å². The van der Waals surface area contributed by atoms with E-state index in [4.69, 9.17) is 10.5 Å². The maximum atomic E-state index is 6.29. The Morgan fingerprint density at radius 1 is 1.47 bits per heavy atom. The van der Waals surface area contributed by atoms with Gasteiger partial charge in [-0.25, -0.2) is 4.98 Å². The molecule has 0 saturated heterocycles. The zero-order chi connectivity index (χ0) is 11.8. The molecule has 88 valence electrons. The number of hydrogen-bond acceptors (Lipinski definition) is 4. The second-order valence-electron chi connectivity index (χ2n) is 4.25. The van der Waals surface area contributed by atoms with Crippen molar-refractivity contribution in [3.63, 3.8) is 0 Å². The normalized spacial score (nSPS) is 15.4. The molecule has 2 aromatic rings. The summed E-state index contributed by atoms with van der Waals surface area (Å²) in [5, 5.41) is 0. The molecule has 3 nitrogen and oxygen atoms in total. The average Bonchev–Trinajstić information content (AvgIpc) is 2.95. The lowest BCUT2D eigenvalue weighted by Gasteiger charge is -2.12. The van der Waals surface area contributed by atoms with E-state index in [1.165, 1.54) is 5.56 Å². The molecule has 0 aliphatic carbocycles. The van der Waals surface area contributed by atoms with E-state index in [1.807, 2.05) is 24.6 Å². The third-order valence-electron chi connectivity index (χ3n) is 3.14. The molecule has 0 amide bonds. The number of nitrogens with zero attached hydrogens (tertiary/aromatic N) is 1. The van der Waals surface area contributed by atoms with Crippen LogP contribution in [0.4, 0.5) is 0 Å². The smallest absolute Gasteiger partial charge is 0.122 e. The van der Waals surface area contributed by atoms with Gasteiger partial charge in [-0.05, 0) is 24.1 Å². The number of thiazole rings is 1. The predicted octanol–water partition coefficient (Wildman–Crippen LogP) is 2.43. The van der Waals surface area contributed by atoms with Gasteiger partial charge in [-0.1, -0.05) is 12.1 Å². The Labute approximate surface area is 104 Å². The van der Waals surface area contributed by atoms with E-state index in [0.29, 0.717) is 0 Å². The van der Waals surface area contributed by atoms with Crippen molar-refractivity contribution in [3.8, 4) is 5.75 Å². The Bertz CT molecular complexity index is 550. The predicted molar refractivity (Wildman–Crippen MR) is 68.5 cm³/mol. The molecular weight excluding hydrogens is 232 g/mol. The molecule has 0 saturated carbocycles. The minimum absolute atomic E-state index is 0.0756. The van der Waals surface area contributed by atoms with Gasteiger partial charge in [0.05, 0.1) is 23.9 Å². The quantitative estimate of drug-likeness (QED) is 0.885. The van der Waals surface area contributed by atoms with Crippen LogP contribution in [0.2, 0.25) is 0 Å². The van der Waals surface area contributed by atoms with Crippen LogP contribution >= 0.6 is 11.3 Å². The van der Waals surface area contributed by atoms with Gasteiger partial charge in [-0.2, -0.15) is 0 Å². The molecule has 3 rings (SSSR count). The van der Waals surface area contributed by atoms with E-state index in [1.54, 1.807) is 11.3 Å². The number of ether oxygens (including phenoxy) is 1. The number of benzene rings is 1. The SMILES string of the molecule is Cc1ncsc1C(N)c1ccc2c(c1)CCO2. The molecule has 1 aliphatic heterocycles. The maximum Gasteiger partial charge on any atom is 0.122 e. The van der Waals surface area contributed by atoms with Crippen LogP contribution in [0.15, 0.2) is 23.7 Å². The number of fused-ring (bicyclic) bond motifs is 1. The Morgan fingerprint density at radius 2 is 2.35 bits per heavy atom. The summed E-state index contributed by atoms with van der Waals surface area (Å²) in [5.74, 6) is 1.00. The number of aryl methyl sites for hydroxylation is 1. The Kier molecular flexibility index (Phi) is 2.61. The van der Waals surface area contributed by atoms with Crippen LogP contribution in [0.5, 0.6) is 5.75 Å². The summed E-state index contributed by atoms with van der Waals surface area (Å²) < 4.78 is 5.50. The van der Waals surface area contributed by atoms with Gasteiger partial charge in [-0.3, -0.25) is 0 Å². The van der Waals surface area contributed by atoms with Gasteiger partial charge in [0.2, 0.25) is 0 Å². The highest BCUT2D eigenvalue weighted by Crippen LogP contribution is 2.31. The van der Waals surface area contributed by atoms with Gasteiger partial charge in [0, 0.05) is 11.3 Å². The molecular formula is C13H14N2OS. The van der Waals surface area contributed by atoms with E-state index >= 15 is 0 Å². The summed E-state index contributed by atoms with van der Waals surface area (Å²) in [6, 6.07) is 6.15. The number of nitrogens with two attached hydrogens (primary N) is 1. The largest absolute Gasteiger partial charge is 0.493 e. The van der Waals surface area contributed by atoms with E-state index < -0.39 is 0 Å². The van der Waals surface area contributed by atoms with E-state index in [9.17, 15) is 0 Å². The molecule has 0 radical (unpaired) electrons. The fourth-order valence-electron chi connectivity index (χ4n) is 2.16. The van der Waals surface area contributed by atoms with Crippen LogP contribution < -0.4 is 10.5 Å². The lowest BCUT2D eigenvalue weighted by atomic mass is 10.0. The molecule has 2 heterocycles. The molecule has 4 heteroatoms. The van der Waals surface area contributed by atoms with Gasteiger partial charge < -0.3 is 10.5 Å². The highest BCUT2D eigenvalue weighted by atomic mass is 32.1. The van der Waals surface area contributed by atoms with Crippen LogP contribution in [-0.4, -0.2) is 11.6 Å². The summed E-state index contributed by atoms with van der Waals surface area (Å²) in [6.07, 6.45) is 0.984. The van der Waals surface area contributed by atoms with Crippen LogP contribution in [0.25, 0.3) is 0 Å². The fourth-order valence-corrected chi connectivity index (χ4v) is 2.99. The van der Waals surface area contributed by atoms with Crippen molar-refractivity contribution >= 4 is 11.3 Å². The van der Waals surface area contributed by atoms with Gasteiger partial charge >= 0.3 is 0 Å². The highest BCUT2D eigenvalue weighted by Gasteiger charge is 2.17. The molecule has 1 unspecified atom stereocenters. The average molecular weight is 246 g/mol. The maximum absolute atomic E-state index is 6.29. The van der Waals surface area contributed by atoms with Crippen LogP contribution in [0.3, 0.4) is 0 Å². The van der Waals surface area contributed by atoms with Gasteiger partial charge in [0.1, 0.15) is 5.75 Å². The minimum Gasteiger partial charge on any atom is -0.493 e. The van der Waals surface area contributed by atoms with E-state index in [-0.39, 0.29) is 6.04 Å². The summed E-state index contributed by atoms with van der Waals surface area (Å²) in [6.45, 7) is 2.79. The summed E-state index contributed by atoms with van der Waals surface area (Å²) in [4.78, 5) is 5.39. The minimum atomic E-state index is -0.0756. The van der Waals surface area contributed by atoms with Crippen LogP contribution in [-0.2, 0) is 6.42 Å². The fraction of sp³-hybridized carbons (Fsp3) is 0.308. The lowest BCUT2D eigenvalue weighted by Crippen LogP contribution is -2.11. The van der Waals surface area contributed by atoms with E-state index in [2.05, 4.69) is 11.1 Å². The number of rotatable bonds is 2. The first-order valence-corrected chi connectivity index (χ1v) is 6.55. The first-order valence-electron chi connectivity index (χ1n) is 5.67. The van der Waals surface area contributed by atoms with Crippen molar-refractivity contribution in [1.29, 1.82) is 0 Å². The molecule has 1 aromatic heterocycles. The number of hydrogen-bond donors (Lipinski definition) is 1. The number of aromatic nitrogens is 1. The van der Waals surface area contributed by atoms with Crippen molar-refractivity contribution in [2.24, 2.45) is 5.73 Å². The molecule has 1 aromatic carbocycles. The van der Waals surface area contributed by atoms with Gasteiger partial charge in [-0.15, -0.1) is 11.3 Å². The Balaban J connectivity index is 1.97. The molecule has 17 heavy (non-hydrogen) atoms. The van der Waals surface area contributed by atoms with Gasteiger partial charge in [0.25, 0.3) is 0 Å². The zero-order valence-corrected chi connectivity index (χ0v) is 10.5. The van der Waals surface area contributed by atoms with Crippen molar-refractivity contribution in [2.75, 3.05) is 6.61 Å². The van der Waals surface area contributed by atoms with Crippen LogP contribution in [0, 0.1) is 6.92 Å². The molecule has 0 spiro atoms. The Morgan fingerprint density at radius 3 is 3.12 bits per heavy atom. The standard InChI is InChI=1S/C13H14N2OS/c1-8-13(17-7-15-8)12(14)10-2-3-11-9(6-10)4-5-16-11/h2-3,6-7,12H,4-5,14H2,1H3. The third-order valence-corrected chi connectivity index (χ3v) is 4.15. The first-order chi connectivity index (χ1) is 8.25. The second kappa shape index (κ2) is 4.13.